The monoisotopic (exact) mass is 326 g/mol. The molecule has 2 rings (SSSR count). The number of thiophene rings is 1. The van der Waals surface area contributed by atoms with E-state index in [2.05, 4.69) is 15.3 Å². The molecule has 0 atom stereocenters. The number of H-pyrrole nitrogens is 1. The van der Waals surface area contributed by atoms with Gasteiger partial charge in [0.05, 0.1) is 14.9 Å². The SMILES string of the molecule is CN(C)CCNC(=O)c1cc(-c2ccc(Cl)s2)[nH]c(=O)n1. The largest absolute Gasteiger partial charge is 0.349 e. The van der Waals surface area contributed by atoms with Gasteiger partial charge in [0.15, 0.2) is 0 Å². The number of nitrogens with one attached hydrogen (secondary N) is 2. The standard InChI is InChI=1S/C13H15ClN4O2S/c1-18(2)6-5-15-12(19)9-7-8(16-13(20)17-9)10-3-4-11(14)21-10/h3-4,7H,5-6H2,1-2H3,(H,15,19)(H,16,17,20). The molecular weight excluding hydrogens is 312 g/mol. The lowest BCUT2D eigenvalue weighted by atomic mass is 10.2. The zero-order valence-corrected chi connectivity index (χ0v) is 13.2. The van der Waals surface area contributed by atoms with Crippen LogP contribution in [-0.2, 0) is 0 Å². The van der Waals surface area contributed by atoms with Crippen LogP contribution in [0.2, 0.25) is 4.34 Å². The molecule has 8 heteroatoms. The van der Waals surface area contributed by atoms with Crippen LogP contribution in [0.5, 0.6) is 0 Å². The molecular formula is C13H15ClN4O2S. The minimum absolute atomic E-state index is 0.0945. The number of carbonyl (C=O) groups excluding carboxylic acids is 1. The Kier molecular flexibility index (Phi) is 5.11. The fraction of sp³-hybridized carbons (Fsp3) is 0.308. The normalized spacial score (nSPS) is 10.9. The first-order valence-electron chi connectivity index (χ1n) is 6.25. The maximum atomic E-state index is 12.0. The Balaban J connectivity index is 2.19. The number of halogens is 1. The van der Waals surface area contributed by atoms with E-state index in [1.807, 2.05) is 19.0 Å². The second-order valence-corrected chi connectivity index (χ2v) is 6.36. The number of likely N-dealkylation sites (N-methyl/N-ethyl adjacent to an activating group) is 1. The predicted octanol–water partition coefficient (Wildman–Crippen LogP) is 1.44. The van der Waals surface area contributed by atoms with Gasteiger partial charge in [-0.05, 0) is 32.3 Å². The molecule has 0 aliphatic carbocycles. The fourth-order valence-electron chi connectivity index (χ4n) is 1.65. The maximum absolute atomic E-state index is 12.0. The molecule has 2 N–H and O–H groups in total. The van der Waals surface area contributed by atoms with E-state index in [0.29, 0.717) is 23.1 Å². The van der Waals surface area contributed by atoms with Gasteiger partial charge in [0.25, 0.3) is 5.91 Å². The lowest BCUT2D eigenvalue weighted by Crippen LogP contribution is -2.33. The second-order valence-electron chi connectivity index (χ2n) is 4.65. The predicted molar refractivity (Wildman–Crippen MR) is 84.1 cm³/mol. The molecule has 2 aromatic rings. The van der Waals surface area contributed by atoms with Crippen molar-refractivity contribution in [2.24, 2.45) is 0 Å². The van der Waals surface area contributed by atoms with Crippen LogP contribution in [0.1, 0.15) is 10.5 Å². The molecule has 0 fully saturated rings. The number of rotatable bonds is 5. The number of amides is 1. The van der Waals surface area contributed by atoms with Gasteiger partial charge in [-0.15, -0.1) is 11.3 Å². The van der Waals surface area contributed by atoms with E-state index < -0.39 is 5.69 Å². The lowest BCUT2D eigenvalue weighted by Gasteiger charge is -2.10. The molecule has 2 heterocycles. The van der Waals surface area contributed by atoms with Crippen LogP contribution in [-0.4, -0.2) is 48.0 Å². The molecule has 0 radical (unpaired) electrons. The number of hydrogen-bond donors (Lipinski definition) is 2. The summed E-state index contributed by atoms with van der Waals surface area (Å²) >= 11 is 7.20. The number of hydrogen-bond acceptors (Lipinski definition) is 5. The Bertz CT molecular complexity index is 695. The van der Waals surface area contributed by atoms with E-state index in [9.17, 15) is 9.59 Å². The highest BCUT2D eigenvalue weighted by Crippen LogP contribution is 2.29. The Morgan fingerprint density at radius 2 is 2.24 bits per heavy atom. The van der Waals surface area contributed by atoms with Crippen LogP contribution >= 0.6 is 22.9 Å². The van der Waals surface area contributed by atoms with Crippen LogP contribution < -0.4 is 11.0 Å². The molecule has 0 aliphatic heterocycles. The summed E-state index contributed by atoms with van der Waals surface area (Å²) in [5.41, 5.74) is 0.0662. The third-order valence-electron chi connectivity index (χ3n) is 2.66. The number of aromatic amines is 1. The molecule has 0 spiro atoms. The highest BCUT2D eigenvalue weighted by molar-refractivity contribution is 7.19. The smallest absolute Gasteiger partial charge is 0.346 e. The molecule has 0 saturated carbocycles. The van der Waals surface area contributed by atoms with Crippen molar-refractivity contribution in [1.29, 1.82) is 0 Å². The van der Waals surface area contributed by atoms with Gasteiger partial charge >= 0.3 is 5.69 Å². The van der Waals surface area contributed by atoms with Gasteiger partial charge in [0.2, 0.25) is 0 Å². The zero-order valence-electron chi connectivity index (χ0n) is 11.6. The topological polar surface area (TPSA) is 78.1 Å². The van der Waals surface area contributed by atoms with Gasteiger partial charge in [-0.2, -0.15) is 4.98 Å². The van der Waals surface area contributed by atoms with Crippen molar-refractivity contribution in [3.05, 3.63) is 38.7 Å². The molecule has 6 nitrogen and oxygen atoms in total. The second kappa shape index (κ2) is 6.84. The molecule has 0 bridgehead atoms. The summed E-state index contributed by atoms with van der Waals surface area (Å²) in [6, 6.07) is 5.07. The van der Waals surface area contributed by atoms with Gasteiger partial charge in [0.1, 0.15) is 5.69 Å². The minimum Gasteiger partial charge on any atom is -0.349 e. The number of aromatic nitrogens is 2. The van der Waals surface area contributed by atoms with Crippen LogP contribution in [0.15, 0.2) is 23.0 Å². The van der Waals surface area contributed by atoms with Crippen LogP contribution in [0, 0.1) is 0 Å². The van der Waals surface area contributed by atoms with E-state index in [1.54, 1.807) is 18.2 Å². The summed E-state index contributed by atoms with van der Waals surface area (Å²) in [6.07, 6.45) is 0. The molecule has 112 valence electrons. The Morgan fingerprint density at radius 1 is 1.48 bits per heavy atom. The summed E-state index contributed by atoms with van der Waals surface area (Å²) in [5, 5.41) is 2.72. The third kappa shape index (κ3) is 4.38. The molecule has 1 amide bonds. The van der Waals surface area contributed by atoms with Gasteiger partial charge < -0.3 is 15.2 Å². The molecule has 21 heavy (non-hydrogen) atoms. The molecule has 0 aromatic carbocycles. The molecule has 0 aliphatic rings. The summed E-state index contributed by atoms with van der Waals surface area (Å²) < 4.78 is 0.611. The van der Waals surface area contributed by atoms with Crippen molar-refractivity contribution in [3.8, 4) is 10.6 Å². The first-order valence-corrected chi connectivity index (χ1v) is 7.45. The maximum Gasteiger partial charge on any atom is 0.346 e. The Labute approximate surface area is 130 Å². The quantitative estimate of drug-likeness (QED) is 0.871. The molecule has 0 saturated heterocycles. The van der Waals surface area contributed by atoms with E-state index in [4.69, 9.17) is 11.6 Å². The van der Waals surface area contributed by atoms with Crippen molar-refractivity contribution in [2.45, 2.75) is 0 Å². The van der Waals surface area contributed by atoms with E-state index in [-0.39, 0.29) is 11.6 Å². The van der Waals surface area contributed by atoms with Crippen molar-refractivity contribution in [2.75, 3.05) is 27.2 Å². The highest BCUT2D eigenvalue weighted by atomic mass is 35.5. The average Bonchev–Trinajstić information content (AvgIpc) is 2.84. The number of carbonyl (C=O) groups is 1. The first kappa shape index (κ1) is 15.7. The van der Waals surface area contributed by atoms with Gasteiger partial charge in [-0.1, -0.05) is 11.6 Å². The van der Waals surface area contributed by atoms with Crippen molar-refractivity contribution in [3.63, 3.8) is 0 Å². The van der Waals surface area contributed by atoms with E-state index >= 15 is 0 Å². The summed E-state index contributed by atoms with van der Waals surface area (Å²) in [7, 11) is 3.83. The molecule has 2 aromatic heterocycles. The minimum atomic E-state index is -0.560. The Morgan fingerprint density at radius 3 is 2.86 bits per heavy atom. The van der Waals surface area contributed by atoms with Gasteiger partial charge in [-0.25, -0.2) is 4.79 Å². The zero-order chi connectivity index (χ0) is 15.4. The third-order valence-corrected chi connectivity index (χ3v) is 3.92. The van der Waals surface area contributed by atoms with Gasteiger partial charge in [-0.3, -0.25) is 4.79 Å². The average molecular weight is 327 g/mol. The fourth-order valence-corrected chi connectivity index (χ4v) is 2.66. The lowest BCUT2D eigenvalue weighted by molar-refractivity contribution is 0.0945. The van der Waals surface area contributed by atoms with Crippen molar-refractivity contribution >= 4 is 28.8 Å². The Hall–Kier alpha value is -1.70. The van der Waals surface area contributed by atoms with Crippen LogP contribution in [0.4, 0.5) is 0 Å². The van der Waals surface area contributed by atoms with Crippen molar-refractivity contribution in [1.82, 2.24) is 20.2 Å². The summed E-state index contributed by atoms with van der Waals surface area (Å²) in [6.45, 7) is 1.20. The molecule has 0 unspecified atom stereocenters. The van der Waals surface area contributed by atoms with Crippen molar-refractivity contribution < 1.29 is 4.79 Å². The summed E-state index contributed by atoms with van der Waals surface area (Å²) in [5.74, 6) is -0.369. The first-order chi connectivity index (χ1) is 9.95. The van der Waals surface area contributed by atoms with Crippen LogP contribution in [0.25, 0.3) is 10.6 Å². The van der Waals surface area contributed by atoms with Crippen LogP contribution in [0.3, 0.4) is 0 Å². The summed E-state index contributed by atoms with van der Waals surface area (Å²) in [4.78, 5) is 32.6. The highest BCUT2D eigenvalue weighted by Gasteiger charge is 2.11. The van der Waals surface area contributed by atoms with E-state index in [0.717, 1.165) is 4.88 Å². The van der Waals surface area contributed by atoms with Gasteiger partial charge in [0, 0.05) is 13.1 Å². The van der Waals surface area contributed by atoms with E-state index in [1.165, 1.54) is 11.3 Å². The number of nitrogens with zero attached hydrogens (tertiary/aromatic N) is 2.